The Hall–Kier alpha value is -2.21. The molecule has 2 aromatic rings. The Bertz CT molecular complexity index is 678. The van der Waals surface area contributed by atoms with Gasteiger partial charge in [-0.15, -0.1) is 16.5 Å². The van der Waals surface area contributed by atoms with Crippen LogP contribution in [0.15, 0.2) is 40.7 Å². The van der Waals surface area contributed by atoms with Crippen molar-refractivity contribution < 1.29 is 9.53 Å². The van der Waals surface area contributed by atoms with E-state index in [1.54, 1.807) is 26.0 Å². The molecule has 0 aliphatic carbocycles. The fourth-order valence-electron chi connectivity index (χ4n) is 2.01. The van der Waals surface area contributed by atoms with Crippen molar-refractivity contribution in [3.8, 4) is 10.4 Å². The zero-order valence-electron chi connectivity index (χ0n) is 13.2. The molecule has 0 amide bonds. The van der Waals surface area contributed by atoms with Crippen LogP contribution in [0.2, 0.25) is 0 Å². The molecule has 0 aliphatic rings. The maximum absolute atomic E-state index is 12.2. The number of benzene rings is 1. The first-order chi connectivity index (χ1) is 10.5. The van der Waals surface area contributed by atoms with Crippen LogP contribution in [0.5, 0.6) is 0 Å². The van der Waals surface area contributed by atoms with E-state index in [0.29, 0.717) is 17.2 Å². The highest BCUT2D eigenvalue weighted by Crippen LogP contribution is 2.42. The van der Waals surface area contributed by atoms with Gasteiger partial charge in [-0.05, 0) is 25.0 Å². The fraction of sp³-hybridized carbons (Fsp3) is 0.312. The highest BCUT2D eigenvalue weighted by Gasteiger charge is 2.23. The molecule has 1 aromatic carbocycles. The van der Waals surface area contributed by atoms with Crippen molar-refractivity contribution in [3.05, 3.63) is 41.5 Å². The average Bonchev–Trinajstić information content (AvgIpc) is 2.83. The van der Waals surface area contributed by atoms with E-state index in [2.05, 4.69) is 10.3 Å². The number of carbonyl (C=O) groups excluding carboxylic acids is 1. The number of thiophene rings is 1. The molecular formula is C16H19N3O2S. The van der Waals surface area contributed by atoms with Crippen LogP contribution in [0.3, 0.4) is 0 Å². The third-order valence-electron chi connectivity index (χ3n) is 2.96. The van der Waals surface area contributed by atoms with Crippen LogP contribution in [0.25, 0.3) is 10.4 Å². The number of hydrogen-bond donors (Lipinski definition) is 0. The summed E-state index contributed by atoms with van der Waals surface area (Å²) < 4.78 is 5.16. The highest BCUT2D eigenvalue weighted by atomic mass is 32.1. The molecule has 0 saturated heterocycles. The largest absolute Gasteiger partial charge is 0.462 e. The predicted molar refractivity (Wildman–Crippen MR) is 88.7 cm³/mol. The summed E-state index contributed by atoms with van der Waals surface area (Å²) in [6.45, 7) is 4.04. The van der Waals surface area contributed by atoms with Gasteiger partial charge in [-0.25, -0.2) is 4.79 Å². The van der Waals surface area contributed by atoms with Crippen LogP contribution in [0.4, 0.5) is 5.00 Å². The SMILES string of the molecule is CCOC(=O)c1c(/N=N/N(C)C)sc(-c2ccccc2)c1C. The minimum absolute atomic E-state index is 0.332. The molecule has 0 radical (unpaired) electrons. The molecule has 0 atom stereocenters. The van der Waals surface area contributed by atoms with E-state index in [-0.39, 0.29) is 5.97 Å². The summed E-state index contributed by atoms with van der Waals surface area (Å²) in [4.78, 5) is 13.3. The molecule has 0 aliphatic heterocycles. The Morgan fingerprint density at radius 1 is 1.27 bits per heavy atom. The standard InChI is InChI=1S/C16H19N3O2S/c1-5-21-16(20)13-11(2)14(12-9-7-6-8-10-12)22-15(13)17-18-19(3)4/h6-10H,5H2,1-4H3/b18-17+. The van der Waals surface area contributed by atoms with E-state index in [9.17, 15) is 4.79 Å². The summed E-state index contributed by atoms with van der Waals surface area (Å²) in [6, 6.07) is 9.94. The predicted octanol–water partition coefficient (Wildman–Crippen LogP) is 4.46. The molecule has 1 heterocycles. The molecule has 5 nitrogen and oxygen atoms in total. The summed E-state index contributed by atoms with van der Waals surface area (Å²) in [5.74, 6) is -0.355. The van der Waals surface area contributed by atoms with Gasteiger partial charge >= 0.3 is 5.97 Å². The minimum Gasteiger partial charge on any atom is -0.462 e. The maximum atomic E-state index is 12.2. The lowest BCUT2D eigenvalue weighted by Gasteiger charge is -2.04. The van der Waals surface area contributed by atoms with Gasteiger partial charge in [0.25, 0.3) is 0 Å². The molecule has 116 valence electrons. The van der Waals surface area contributed by atoms with Crippen LogP contribution in [-0.4, -0.2) is 31.7 Å². The van der Waals surface area contributed by atoms with Crippen molar-refractivity contribution in [2.75, 3.05) is 20.7 Å². The first-order valence-electron chi connectivity index (χ1n) is 6.99. The van der Waals surface area contributed by atoms with E-state index in [0.717, 1.165) is 16.0 Å². The zero-order valence-corrected chi connectivity index (χ0v) is 14.0. The lowest BCUT2D eigenvalue weighted by Crippen LogP contribution is -2.05. The molecule has 0 saturated carbocycles. The smallest absolute Gasteiger partial charge is 0.341 e. The third kappa shape index (κ3) is 3.51. The van der Waals surface area contributed by atoms with E-state index in [1.807, 2.05) is 37.3 Å². The number of ether oxygens (including phenoxy) is 1. The van der Waals surface area contributed by atoms with Gasteiger partial charge in [-0.3, -0.25) is 5.01 Å². The molecule has 0 fully saturated rings. The number of carbonyl (C=O) groups is 1. The number of esters is 1. The monoisotopic (exact) mass is 317 g/mol. The molecule has 0 N–H and O–H groups in total. The molecule has 2 rings (SSSR count). The quantitative estimate of drug-likeness (QED) is 0.465. The summed E-state index contributed by atoms with van der Waals surface area (Å²) >= 11 is 1.45. The van der Waals surface area contributed by atoms with Crippen molar-refractivity contribution in [1.29, 1.82) is 0 Å². The highest BCUT2D eigenvalue weighted by molar-refractivity contribution is 7.19. The Labute approximate surface area is 134 Å². The summed E-state index contributed by atoms with van der Waals surface area (Å²) in [5.41, 5.74) is 2.43. The van der Waals surface area contributed by atoms with Gasteiger partial charge in [0.15, 0.2) is 5.00 Å². The Morgan fingerprint density at radius 2 is 1.95 bits per heavy atom. The molecular weight excluding hydrogens is 298 g/mol. The molecule has 0 unspecified atom stereocenters. The van der Waals surface area contributed by atoms with E-state index in [1.165, 1.54) is 11.3 Å². The second-order valence-electron chi connectivity index (χ2n) is 4.86. The second-order valence-corrected chi connectivity index (χ2v) is 5.86. The number of nitrogens with zero attached hydrogens (tertiary/aromatic N) is 3. The first kappa shape index (κ1) is 16.2. The fourth-order valence-corrected chi connectivity index (χ4v) is 3.13. The topological polar surface area (TPSA) is 54.3 Å². The van der Waals surface area contributed by atoms with Gasteiger partial charge < -0.3 is 4.74 Å². The lowest BCUT2D eigenvalue weighted by molar-refractivity contribution is 0.0527. The molecule has 0 bridgehead atoms. The van der Waals surface area contributed by atoms with E-state index >= 15 is 0 Å². The Kier molecular flexibility index (Phi) is 5.27. The van der Waals surface area contributed by atoms with Crippen molar-refractivity contribution in [2.24, 2.45) is 10.3 Å². The average molecular weight is 317 g/mol. The first-order valence-corrected chi connectivity index (χ1v) is 7.81. The van der Waals surface area contributed by atoms with E-state index < -0.39 is 0 Å². The Balaban J connectivity index is 2.54. The summed E-state index contributed by atoms with van der Waals surface area (Å²) in [7, 11) is 3.57. The van der Waals surface area contributed by atoms with Crippen LogP contribution >= 0.6 is 11.3 Å². The normalized spacial score (nSPS) is 10.9. The van der Waals surface area contributed by atoms with Gasteiger partial charge in [0.1, 0.15) is 5.56 Å². The van der Waals surface area contributed by atoms with Crippen LogP contribution in [-0.2, 0) is 4.74 Å². The number of hydrogen-bond acceptors (Lipinski definition) is 5. The van der Waals surface area contributed by atoms with Crippen molar-refractivity contribution in [1.82, 2.24) is 5.01 Å². The van der Waals surface area contributed by atoms with Gasteiger partial charge in [0.2, 0.25) is 0 Å². The minimum atomic E-state index is -0.355. The van der Waals surface area contributed by atoms with Gasteiger partial charge in [-0.1, -0.05) is 35.6 Å². The van der Waals surface area contributed by atoms with E-state index in [4.69, 9.17) is 4.74 Å². The molecule has 0 spiro atoms. The summed E-state index contributed by atoms with van der Waals surface area (Å²) in [5, 5.41) is 10.4. The van der Waals surface area contributed by atoms with Crippen LogP contribution in [0, 0.1) is 6.92 Å². The van der Waals surface area contributed by atoms with Gasteiger partial charge in [0.05, 0.1) is 6.61 Å². The van der Waals surface area contributed by atoms with Crippen LogP contribution in [0.1, 0.15) is 22.8 Å². The van der Waals surface area contributed by atoms with Gasteiger partial charge in [-0.2, -0.15) is 0 Å². The summed E-state index contributed by atoms with van der Waals surface area (Å²) in [6.07, 6.45) is 0. The van der Waals surface area contributed by atoms with Gasteiger partial charge in [0, 0.05) is 19.0 Å². The maximum Gasteiger partial charge on any atom is 0.341 e. The van der Waals surface area contributed by atoms with Crippen molar-refractivity contribution in [2.45, 2.75) is 13.8 Å². The zero-order chi connectivity index (χ0) is 16.1. The third-order valence-corrected chi connectivity index (χ3v) is 4.18. The van der Waals surface area contributed by atoms with Crippen molar-refractivity contribution >= 4 is 22.3 Å². The molecule has 22 heavy (non-hydrogen) atoms. The lowest BCUT2D eigenvalue weighted by atomic mass is 10.1. The van der Waals surface area contributed by atoms with Crippen LogP contribution < -0.4 is 0 Å². The number of rotatable bonds is 5. The van der Waals surface area contributed by atoms with Crippen molar-refractivity contribution in [3.63, 3.8) is 0 Å². The second kappa shape index (κ2) is 7.17. The molecule has 1 aromatic heterocycles. The molecule has 6 heteroatoms. The Morgan fingerprint density at radius 3 is 2.55 bits per heavy atom.